The highest BCUT2D eigenvalue weighted by molar-refractivity contribution is 9.10. The molecule has 0 aliphatic heterocycles. The zero-order valence-electron chi connectivity index (χ0n) is 10.8. The fourth-order valence-electron chi connectivity index (χ4n) is 1.80. The lowest BCUT2D eigenvalue weighted by atomic mass is 10.1. The summed E-state index contributed by atoms with van der Waals surface area (Å²) in [5.74, 6) is 0.853. The number of nitrogens with one attached hydrogen (secondary N) is 1. The quantitative estimate of drug-likeness (QED) is 0.899. The number of hydrogen-bond acceptors (Lipinski definition) is 2. The van der Waals surface area contributed by atoms with E-state index in [1.54, 1.807) is 6.07 Å². The summed E-state index contributed by atoms with van der Waals surface area (Å²) < 4.78 is 19.6. The van der Waals surface area contributed by atoms with Gasteiger partial charge in [-0.25, -0.2) is 4.39 Å². The maximum absolute atomic E-state index is 13.2. The van der Waals surface area contributed by atoms with Crippen molar-refractivity contribution in [2.45, 2.75) is 13.5 Å². The minimum Gasteiger partial charge on any atom is -0.456 e. The molecule has 0 amide bonds. The number of ether oxygens (including phenoxy) is 1. The predicted molar refractivity (Wildman–Crippen MR) is 78.1 cm³/mol. The SMILES string of the molecule is CNCc1ccc(Oc2cc(F)ccc2Br)cc1C. The lowest BCUT2D eigenvalue weighted by Gasteiger charge is -2.11. The Hall–Kier alpha value is -1.39. The summed E-state index contributed by atoms with van der Waals surface area (Å²) in [5.41, 5.74) is 2.35. The van der Waals surface area contributed by atoms with Gasteiger partial charge in [-0.05, 0) is 65.3 Å². The minimum absolute atomic E-state index is 0.318. The summed E-state index contributed by atoms with van der Waals surface area (Å²) in [4.78, 5) is 0. The van der Waals surface area contributed by atoms with Gasteiger partial charge in [0.2, 0.25) is 0 Å². The van der Waals surface area contributed by atoms with Crippen LogP contribution in [-0.2, 0) is 6.54 Å². The Morgan fingerprint density at radius 2 is 2.00 bits per heavy atom. The van der Waals surface area contributed by atoms with Gasteiger partial charge in [0.15, 0.2) is 0 Å². The molecule has 2 rings (SSSR count). The van der Waals surface area contributed by atoms with Crippen LogP contribution in [0.2, 0.25) is 0 Å². The van der Waals surface area contributed by atoms with E-state index in [4.69, 9.17) is 4.74 Å². The maximum atomic E-state index is 13.2. The van der Waals surface area contributed by atoms with Crippen LogP contribution in [0.5, 0.6) is 11.5 Å². The van der Waals surface area contributed by atoms with E-state index in [9.17, 15) is 4.39 Å². The van der Waals surface area contributed by atoms with E-state index in [2.05, 4.69) is 21.2 Å². The highest BCUT2D eigenvalue weighted by Gasteiger charge is 2.06. The van der Waals surface area contributed by atoms with Crippen LogP contribution in [0.15, 0.2) is 40.9 Å². The van der Waals surface area contributed by atoms with Gasteiger partial charge in [0, 0.05) is 12.6 Å². The molecule has 100 valence electrons. The van der Waals surface area contributed by atoms with Crippen LogP contribution in [0, 0.1) is 12.7 Å². The molecule has 0 saturated heterocycles. The molecule has 4 heteroatoms. The summed E-state index contributed by atoms with van der Waals surface area (Å²) >= 11 is 3.34. The number of benzene rings is 2. The largest absolute Gasteiger partial charge is 0.456 e. The molecule has 0 heterocycles. The molecule has 0 saturated carbocycles. The van der Waals surface area contributed by atoms with Gasteiger partial charge >= 0.3 is 0 Å². The second kappa shape index (κ2) is 6.17. The normalized spacial score (nSPS) is 10.5. The van der Waals surface area contributed by atoms with E-state index in [0.29, 0.717) is 11.5 Å². The summed E-state index contributed by atoms with van der Waals surface area (Å²) in [6.07, 6.45) is 0. The van der Waals surface area contributed by atoms with Crippen molar-refractivity contribution >= 4 is 15.9 Å². The minimum atomic E-state index is -0.318. The third-order valence-corrected chi connectivity index (χ3v) is 3.46. The third kappa shape index (κ3) is 3.55. The average molecular weight is 324 g/mol. The van der Waals surface area contributed by atoms with Crippen molar-refractivity contribution < 1.29 is 9.13 Å². The molecule has 0 atom stereocenters. The van der Waals surface area contributed by atoms with Crippen molar-refractivity contribution in [1.29, 1.82) is 0 Å². The first-order valence-corrected chi connectivity index (χ1v) is 6.76. The molecule has 0 radical (unpaired) electrons. The number of halogens is 2. The molecule has 0 aliphatic carbocycles. The highest BCUT2D eigenvalue weighted by atomic mass is 79.9. The van der Waals surface area contributed by atoms with Crippen LogP contribution in [0.25, 0.3) is 0 Å². The lowest BCUT2D eigenvalue weighted by Crippen LogP contribution is -2.06. The third-order valence-electron chi connectivity index (χ3n) is 2.80. The zero-order chi connectivity index (χ0) is 13.8. The summed E-state index contributed by atoms with van der Waals surface area (Å²) in [7, 11) is 1.91. The Bertz CT molecular complexity index is 586. The Morgan fingerprint density at radius 3 is 2.68 bits per heavy atom. The maximum Gasteiger partial charge on any atom is 0.144 e. The molecule has 0 fully saturated rings. The average Bonchev–Trinajstić information content (AvgIpc) is 2.37. The van der Waals surface area contributed by atoms with Crippen molar-refractivity contribution in [2.24, 2.45) is 0 Å². The number of hydrogen-bond donors (Lipinski definition) is 1. The van der Waals surface area contributed by atoms with Gasteiger partial charge in [-0.15, -0.1) is 0 Å². The highest BCUT2D eigenvalue weighted by Crippen LogP contribution is 2.31. The lowest BCUT2D eigenvalue weighted by molar-refractivity contribution is 0.473. The fraction of sp³-hybridized carbons (Fsp3) is 0.200. The molecular weight excluding hydrogens is 309 g/mol. The summed E-state index contributed by atoms with van der Waals surface area (Å²) in [6.45, 7) is 2.84. The molecule has 0 unspecified atom stereocenters. The number of aryl methyl sites for hydroxylation is 1. The molecule has 2 nitrogen and oxygen atoms in total. The van der Waals surface area contributed by atoms with Gasteiger partial charge in [0.1, 0.15) is 17.3 Å². The summed E-state index contributed by atoms with van der Waals surface area (Å²) in [5, 5.41) is 3.11. The van der Waals surface area contributed by atoms with Gasteiger partial charge in [0.05, 0.1) is 4.47 Å². The first-order valence-electron chi connectivity index (χ1n) is 5.97. The van der Waals surface area contributed by atoms with E-state index < -0.39 is 0 Å². The van der Waals surface area contributed by atoms with E-state index >= 15 is 0 Å². The van der Waals surface area contributed by atoms with E-state index in [-0.39, 0.29) is 5.82 Å². The van der Waals surface area contributed by atoms with Gasteiger partial charge in [-0.3, -0.25) is 0 Å². The molecule has 0 bridgehead atoms. The van der Waals surface area contributed by atoms with Crippen molar-refractivity contribution in [2.75, 3.05) is 7.05 Å². The molecule has 2 aromatic rings. The Balaban J connectivity index is 2.24. The van der Waals surface area contributed by atoms with Gasteiger partial charge in [0.25, 0.3) is 0 Å². The van der Waals surface area contributed by atoms with E-state index in [1.807, 2.05) is 32.2 Å². The van der Waals surface area contributed by atoms with Crippen LogP contribution in [0.4, 0.5) is 4.39 Å². The molecule has 1 N–H and O–H groups in total. The molecule has 2 aromatic carbocycles. The first kappa shape index (κ1) is 14.0. The van der Waals surface area contributed by atoms with Gasteiger partial charge < -0.3 is 10.1 Å². The van der Waals surface area contributed by atoms with Crippen molar-refractivity contribution in [1.82, 2.24) is 5.32 Å². The van der Waals surface area contributed by atoms with Crippen LogP contribution in [0.1, 0.15) is 11.1 Å². The molecule has 19 heavy (non-hydrogen) atoms. The zero-order valence-corrected chi connectivity index (χ0v) is 12.4. The van der Waals surface area contributed by atoms with Crippen molar-refractivity contribution in [3.05, 3.63) is 57.8 Å². The van der Waals surface area contributed by atoms with Crippen molar-refractivity contribution in [3.8, 4) is 11.5 Å². The fourth-order valence-corrected chi connectivity index (χ4v) is 2.13. The van der Waals surface area contributed by atoms with Crippen LogP contribution in [-0.4, -0.2) is 7.05 Å². The van der Waals surface area contributed by atoms with E-state index in [0.717, 1.165) is 16.6 Å². The van der Waals surface area contributed by atoms with Crippen LogP contribution in [0.3, 0.4) is 0 Å². The van der Waals surface area contributed by atoms with Crippen LogP contribution < -0.4 is 10.1 Å². The van der Waals surface area contributed by atoms with Gasteiger partial charge in [-0.1, -0.05) is 6.07 Å². The molecule has 0 aliphatic rings. The van der Waals surface area contributed by atoms with Crippen LogP contribution >= 0.6 is 15.9 Å². The Morgan fingerprint density at radius 1 is 1.21 bits per heavy atom. The Labute approximate surface area is 120 Å². The summed E-state index contributed by atoms with van der Waals surface area (Å²) in [6, 6.07) is 10.2. The molecule has 0 aromatic heterocycles. The number of rotatable bonds is 4. The molecular formula is C15H15BrFNO. The predicted octanol–water partition coefficient (Wildman–Crippen LogP) is 4.41. The van der Waals surface area contributed by atoms with E-state index in [1.165, 1.54) is 17.7 Å². The molecule has 0 spiro atoms. The van der Waals surface area contributed by atoms with Gasteiger partial charge in [-0.2, -0.15) is 0 Å². The smallest absolute Gasteiger partial charge is 0.144 e. The van der Waals surface area contributed by atoms with Crippen molar-refractivity contribution in [3.63, 3.8) is 0 Å². The first-order chi connectivity index (χ1) is 9.10. The monoisotopic (exact) mass is 323 g/mol. The topological polar surface area (TPSA) is 21.3 Å². The standard InChI is InChI=1S/C15H15BrFNO/c1-10-7-13(5-3-11(10)9-18-2)19-15-8-12(17)4-6-14(15)16/h3-8,18H,9H2,1-2H3. The second-order valence-electron chi connectivity index (χ2n) is 4.30. The second-order valence-corrected chi connectivity index (χ2v) is 5.15. The Kier molecular flexibility index (Phi) is 4.56.